The number of nitrogens with one attached hydrogen (secondary N) is 2. The van der Waals surface area contributed by atoms with Crippen molar-refractivity contribution in [2.75, 3.05) is 39.3 Å². The minimum Gasteiger partial charge on any atom is -0.354 e. The van der Waals surface area contributed by atoms with Crippen molar-refractivity contribution < 1.29 is 18.0 Å². The number of rotatable bonds is 6. The molecule has 144 valence electrons. The largest absolute Gasteiger partial charge is 0.354 e. The molecular formula is C17H26N4O4S. The van der Waals surface area contributed by atoms with E-state index in [4.69, 9.17) is 0 Å². The maximum Gasteiger partial charge on any atom is 0.317 e. The standard InChI is InChI=1S/C17H26N4O4S/c1-14(2)16(22)18-8-9-19-17(23)20-10-12-21(13-11-20)26(24,25)15-6-4-3-5-7-15/h3-7,14H,8-13H2,1-2H3,(H,18,22)(H,19,23). The highest BCUT2D eigenvalue weighted by Crippen LogP contribution is 2.17. The van der Waals surface area contributed by atoms with Crippen LogP contribution in [0.3, 0.4) is 0 Å². The number of sulfonamides is 1. The van der Waals surface area contributed by atoms with Gasteiger partial charge in [0.15, 0.2) is 0 Å². The van der Waals surface area contributed by atoms with E-state index < -0.39 is 10.0 Å². The number of carbonyl (C=O) groups is 2. The van der Waals surface area contributed by atoms with E-state index in [-0.39, 0.29) is 35.8 Å². The van der Waals surface area contributed by atoms with Crippen LogP contribution in [0.15, 0.2) is 35.2 Å². The Balaban J connectivity index is 1.77. The fourth-order valence-corrected chi connectivity index (χ4v) is 3.99. The second-order valence-corrected chi connectivity index (χ2v) is 8.32. The minimum absolute atomic E-state index is 0.0565. The second kappa shape index (κ2) is 9.00. The number of hydrogen-bond donors (Lipinski definition) is 2. The van der Waals surface area contributed by atoms with Gasteiger partial charge in [-0.1, -0.05) is 32.0 Å². The molecule has 8 nitrogen and oxygen atoms in total. The molecule has 0 atom stereocenters. The summed E-state index contributed by atoms with van der Waals surface area (Å²) in [6.45, 7) is 5.48. The first-order valence-corrected chi connectivity index (χ1v) is 10.1. The third kappa shape index (κ3) is 5.18. The van der Waals surface area contributed by atoms with Crippen LogP contribution in [0.1, 0.15) is 13.8 Å². The van der Waals surface area contributed by atoms with Crippen molar-refractivity contribution in [3.05, 3.63) is 30.3 Å². The maximum absolute atomic E-state index is 12.6. The van der Waals surface area contributed by atoms with Crippen LogP contribution >= 0.6 is 0 Å². The van der Waals surface area contributed by atoms with Crippen molar-refractivity contribution in [1.29, 1.82) is 0 Å². The topological polar surface area (TPSA) is 98.8 Å². The zero-order valence-corrected chi connectivity index (χ0v) is 16.0. The molecule has 1 aliphatic heterocycles. The summed E-state index contributed by atoms with van der Waals surface area (Å²) in [5.74, 6) is -0.149. The summed E-state index contributed by atoms with van der Waals surface area (Å²) in [5, 5.41) is 5.46. The van der Waals surface area contributed by atoms with Gasteiger partial charge in [0, 0.05) is 45.2 Å². The fraction of sp³-hybridized carbons (Fsp3) is 0.529. The Bertz CT molecular complexity index is 714. The van der Waals surface area contributed by atoms with E-state index in [1.54, 1.807) is 49.1 Å². The molecule has 0 aliphatic carbocycles. The lowest BCUT2D eigenvalue weighted by atomic mass is 10.2. The average molecular weight is 382 g/mol. The highest BCUT2D eigenvalue weighted by Gasteiger charge is 2.29. The molecule has 2 N–H and O–H groups in total. The lowest BCUT2D eigenvalue weighted by molar-refractivity contribution is -0.123. The third-order valence-electron chi connectivity index (χ3n) is 4.13. The van der Waals surface area contributed by atoms with Gasteiger partial charge in [-0.3, -0.25) is 4.79 Å². The summed E-state index contributed by atoms with van der Waals surface area (Å²) >= 11 is 0. The van der Waals surface area contributed by atoms with Crippen LogP contribution in [0, 0.1) is 5.92 Å². The molecule has 1 saturated heterocycles. The Morgan fingerprint density at radius 2 is 1.58 bits per heavy atom. The Morgan fingerprint density at radius 1 is 1.00 bits per heavy atom. The van der Waals surface area contributed by atoms with E-state index in [1.165, 1.54) is 4.31 Å². The summed E-state index contributed by atoms with van der Waals surface area (Å²) in [6.07, 6.45) is 0. The van der Waals surface area contributed by atoms with E-state index in [2.05, 4.69) is 10.6 Å². The van der Waals surface area contributed by atoms with E-state index in [1.807, 2.05) is 0 Å². The molecule has 1 heterocycles. The quantitative estimate of drug-likeness (QED) is 0.699. The van der Waals surface area contributed by atoms with Gasteiger partial charge in [0.2, 0.25) is 15.9 Å². The number of carbonyl (C=O) groups excluding carboxylic acids is 2. The lowest BCUT2D eigenvalue weighted by Crippen LogP contribution is -2.53. The molecule has 1 aliphatic rings. The molecule has 0 spiro atoms. The lowest BCUT2D eigenvalue weighted by Gasteiger charge is -2.34. The highest BCUT2D eigenvalue weighted by atomic mass is 32.2. The number of benzene rings is 1. The smallest absolute Gasteiger partial charge is 0.317 e. The van der Waals surface area contributed by atoms with Gasteiger partial charge in [-0.05, 0) is 12.1 Å². The molecule has 1 aromatic rings. The average Bonchev–Trinajstić information content (AvgIpc) is 2.65. The predicted octanol–water partition coefficient (Wildman–Crippen LogP) is 0.475. The number of urea groups is 1. The summed E-state index contributed by atoms with van der Waals surface area (Å²) in [4.78, 5) is 25.4. The van der Waals surface area contributed by atoms with Gasteiger partial charge in [-0.25, -0.2) is 13.2 Å². The molecule has 9 heteroatoms. The van der Waals surface area contributed by atoms with Crippen LogP contribution < -0.4 is 10.6 Å². The second-order valence-electron chi connectivity index (χ2n) is 6.38. The van der Waals surface area contributed by atoms with Gasteiger partial charge in [0.05, 0.1) is 4.90 Å². The first-order valence-electron chi connectivity index (χ1n) is 8.68. The Hall–Kier alpha value is -2.13. The van der Waals surface area contributed by atoms with Crippen molar-refractivity contribution in [1.82, 2.24) is 19.8 Å². The molecule has 1 aromatic carbocycles. The first kappa shape index (κ1) is 20.2. The third-order valence-corrected chi connectivity index (χ3v) is 6.04. The molecule has 0 bridgehead atoms. The molecule has 0 saturated carbocycles. The normalized spacial score (nSPS) is 15.7. The fourth-order valence-electron chi connectivity index (χ4n) is 2.54. The molecule has 26 heavy (non-hydrogen) atoms. The summed E-state index contributed by atoms with van der Waals surface area (Å²) in [5.41, 5.74) is 0. The summed E-state index contributed by atoms with van der Waals surface area (Å²) < 4.78 is 26.5. The van der Waals surface area contributed by atoms with Gasteiger partial charge in [-0.15, -0.1) is 0 Å². The molecule has 2 rings (SSSR count). The number of hydrogen-bond acceptors (Lipinski definition) is 4. The maximum atomic E-state index is 12.6. The van der Waals surface area contributed by atoms with Crippen LogP contribution in [-0.4, -0.2) is 68.8 Å². The summed E-state index contributed by atoms with van der Waals surface area (Å²) in [6, 6.07) is 8.04. The molecule has 3 amide bonds. The van der Waals surface area contributed by atoms with Crippen molar-refractivity contribution in [2.45, 2.75) is 18.7 Å². The van der Waals surface area contributed by atoms with Crippen molar-refractivity contribution in [3.8, 4) is 0 Å². The first-order chi connectivity index (χ1) is 12.3. The molecule has 0 unspecified atom stereocenters. The zero-order chi connectivity index (χ0) is 19.2. The van der Waals surface area contributed by atoms with E-state index in [9.17, 15) is 18.0 Å². The molecule has 0 radical (unpaired) electrons. The summed E-state index contributed by atoms with van der Waals surface area (Å²) in [7, 11) is -3.52. The van der Waals surface area contributed by atoms with Gasteiger partial charge in [0.25, 0.3) is 0 Å². The SMILES string of the molecule is CC(C)C(=O)NCCNC(=O)N1CCN(S(=O)(=O)c2ccccc2)CC1. The van der Waals surface area contributed by atoms with Gasteiger partial charge >= 0.3 is 6.03 Å². The van der Waals surface area contributed by atoms with Gasteiger partial charge in [-0.2, -0.15) is 4.31 Å². The number of piperazine rings is 1. The Morgan fingerprint density at radius 3 is 2.15 bits per heavy atom. The molecular weight excluding hydrogens is 356 g/mol. The van der Waals surface area contributed by atoms with Crippen LogP contribution in [0.4, 0.5) is 4.79 Å². The monoisotopic (exact) mass is 382 g/mol. The van der Waals surface area contributed by atoms with Crippen molar-refractivity contribution in [2.24, 2.45) is 5.92 Å². The Labute approximate surface area is 154 Å². The molecule has 1 fully saturated rings. The predicted molar refractivity (Wildman–Crippen MR) is 98.0 cm³/mol. The van der Waals surface area contributed by atoms with Crippen LogP contribution in [0.25, 0.3) is 0 Å². The van der Waals surface area contributed by atoms with Gasteiger partial charge < -0.3 is 15.5 Å². The van der Waals surface area contributed by atoms with Gasteiger partial charge in [0.1, 0.15) is 0 Å². The van der Waals surface area contributed by atoms with Crippen molar-refractivity contribution in [3.63, 3.8) is 0 Å². The van der Waals surface area contributed by atoms with Crippen LogP contribution in [0.2, 0.25) is 0 Å². The zero-order valence-electron chi connectivity index (χ0n) is 15.1. The number of amides is 3. The van der Waals surface area contributed by atoms with Crippen LogP contribution in [-0.2, 0) is 14.8 Å². The van der Waals surface area contributed by atoms with Crippen LogP contribution in [0.5, 0.6) is 0 Å². The Kier molecular flexibility index (Phi) is 6.98. The van der Waals surface area contributed by atoms with E-state index in [0.29, 0.717) is 26.2 Å². The minimum atomic E-state index is -3.52. The van der Waals surface area contributed by atoms with Crippen molar-refractivity contribution >= 4 is 22.0 Å². The van der Waals surface area contributed by atoms with E-state index >= 15 is 0 Å². The highest BCUT2D eigenvalue weighted by molar-refractivity contribution is 7.89. The molecule has 0 aromatic heterocycles. The number of nitrogens with zero attached hydrogens (tertiary/aromatic N) is 2. The van der Waals surface area contributed by atoms with E-state index in [0.717, 1.165) is 0 Å².